The van der Waals surface area contributed by atoms with Crippen LogP contribution in [0.4, 0.5) is 0 Å². The third-order valence-electron chi connectivity index (χ3n) is 2.71. The van der Waals surface area contributed by atoms with Gasteiger partial charge in [0.05, 0.1) is 6.61 Å². The average molecular weight is 251 g/mol. The molecule has 96 valence electrons. The summed E-state index contributed by atoms with van der Waals surface area (Å²) in [5.41, 5.74) is 5.59. The highest BCUT2D eigenvalue weighted by Gasteiger charge is 2.18. The lowest BCUT2D eigenvalue weighted by molar-refractivity contribution is -0.131. The molecule has 0 saturated carbocycles. The van der Waals surface area contributed by atoms with E-state index in [4.69, 9.17) is 10.5 Å². The minimum absolute atomic E-state index is 0. The van der Waals surface area contributed by atoms with Crippen molar-refractivity contribution in [3.63, 3.8) is 0 Å². The summed E-state index contributed by atoms with van der Waals surface area (Å²) in [6, 6.07) is -0.0532. The summed E-state index contributed by atoms with van der Waals surface area (Å²) in [7, 11) is 1.85. The maximum absolute atomic E-state index is 11.6. The van der Waals surface area contributed by atoms with E-state index in [2.05, 4.69) is 0 Å². The molecule has 1 rings (SSSR count). The Bertz CT molecular complexity index is 206. The van der Waals surface area contributed by atoms with Gasteiger partial charge in [-0.05, 0) is 25.7 Å². The van der Waals surface area contributed by atoms with E-state index in [0.29, 0.717) is 12.3 Å². The Kier molecular flexibility index (Phi) is 7.72. The molecule has 1 aliphatic rings. The normalized spacial score (nSPS) is 22.1. The molecule has 0 radical (unpaired) electrons. The molecule has 2 atom stereocenters. The second-order valence-electron chi connectivity index (χ2n) is 4.54. The largest absolute Gasteiger partial charge is 0.381 e. The first kappa shape index (κ1) is 15.7. The van der Waals surface area contributed by atoms with E-state index >= 15 is 0 Å². The van der Waals surface area contributed by atoms with Crippen molar-refractivity contribution >= 4 is 18.3 Å². The van der Waals surface area contributed by atoms with Crippen molar-refractivity contribution in [2.75, 3.05) is 26.8 Å². The summed E-state index contributed by atoms with van der Waals surface area (Å²) in [5.74, 6) is 0.636. The summed E-state index contributed by atoms with van der Waals surface area (Å²) >= 11 is 0. The van der Waals surface area contributed by atoms with Crippen molar-refractivity contribution < 1.29 is 9.53 Å². The summed E-state index contributed by atoms with van der Waals surface area (Å²) in [6.45, 7) is 4.31. The van der Waals surface area contributed by atoms with Crippen LogP contribution in [-0.2, 0) is 9.53 Å². The zero-order valence-corrected chi connectivity index (χ0v) is 11.0. The van der Waals surface area contributed by atoms with Crippen LogP contribution in [0.1, 0.15) is 26.2 Å². The fourth-order valence-electron chi connectivity index (χ4n) is 1.87. The number of carbonyl (C=O) groups excluding carboxylic acids is 1. The molecule has 2 unspecified atom stereocenters. The lowest BCUT2D eigenvalue weighted by atomic mass is 10.0. The van der Waals surface area contributed by atoms with Gasteiger partial charge in [0.25, 0.3) is 0 Å². The van der Waals surface area contributed by atoms with Crippen LogP contribution in [0.3, 0.4) is 0 Å². The van der Waals surface area contributed by atoms with Crippen molar-refractivity contribution in [2.24, 2.45) is 11.7 Å². The van der Waals surface area contributed by atoms with Crippen LogP contribution in [0.2, 0.25) is 0 Å². The predicted molar refractivity (Wildman–Crippen MR) is 66.7 cm³/mol. The second kappa shape index (κ2) is 7.87. The number of nitrogens with zero attached hydrogens (tertiary/aromatic N) is 1. The van der Waals surface area contributed by atoms with Gasteiger partial charge in [-0.3, -0.25) is 4.79 Å². The van der Waals surface area contributed by atoms with Crippen LogP contribution in [0.5, 0.6) is 0 Å². The first-order valence-corrected chi connectivity index (χ1v) is 5.67. The second-order valence-corrected chi connectivity index (χ2v) is 4.54. The number of nitrogens with two attached hydrogens (primary N) is 1. The number of amides is 1. The molecule has 0 aromatic carbocycles. The van der Waals surface area contributed by atoms with Gasteiger partial charge in [0, 0.05) is 32.7 Å². The van der Waals surface area contributed by atoms with E-state index in [1.165, 1.54) is 0 Å². The van der Waals surface area contributed by atoms with Gasteiger partial charge < -0.3 is 15.4 Å². The molecule has 5 heteroatoms. The number of hydrogen-bond acceptors (Lipinski definition) is 3. The standard InChI is InChI=1S/C11H22N2O2.ClH/c1-9(12)6-11(14)13(2)7-10-4-3-5-15-8-10;/h9-10H,3-8,12H2,1-2H3;1H. The highest BCUT2D eigenvalue weighted by molar-refractivity contribution is 5.85. The maximum atomic E-state index is 11.6. The number of ether oxygens (including phenoxy) is 1. The zero-order valence-electron chi connectivity index (χ0n) is 10.1. The van der Waals surface area contributed by atoms with Crippen LogP contribution in [-0.4, -0.2) is 43.7 Å². The molecule has 1 saturated heterocycles. The lowest BCUT2D eigenvalue weighted by Crippen LogP contribution is -2.37. The Balaban J connectivity index is 0.00000225. The SMILES string of the molecule is CC(N)CC(=O)N(C)CC1CCCOC1.Cl. The molecule has 0 aromatic rings. The molecule has 0 aromatic heterocycles. The van der Waals surface area contributed by atoms with Crippen molar-refractivity contribution in [1.82, 2.24) is 4.90 Å². The van der Waals surface area contributed by atoms with Gasteiger partial charge in [-0.15, -0.1) is 12.4 Å². The molecule has 0 spiro atoms. The van der Waals surface area contributed by atoms with E-state index in [-0.39, 0.29) is 24.4 Å². The van der Waals surface area contributed by atoms with Crippen LogP contribution in [0, 0.1) is 5.92 Å². The highest BCUT2D eigenvalue weighted by Crippen LogP contribution is 2.14. The summed E-state index contributed by atoms with van der Waals surface area (Å²) < 4.78 is 5.38. The Morgan fingerprint density at radius 3 is 2.81 bits per heavy atom. The van der Waals surface area contributed by atoms with Gasteiger partial charge in [-0.25, -0.2) is 0 Å². The summed E-state index contributed by atoms with van der Waals surface area (Å²) in [6.07, 6.45) is 2.71. The Hall–Kier alpha value is -0.320. The van der Waals surface area contributed by atoms with E-state index in [9.17, 15) is 4.79 Å². The predicted octanol–water partition coefficient (Wildman–Crippen LogP) is 1.03. The van der Waals surface area contributed by atoms with Crippen molar-refractivity contribution in [3.05, 3.63) is 0 Å². The molecule has 0 aliphatic carbocycles. The minimum Gasteiger partial charge on any atom is -0.381 e. The molecule has 0 bridgehead atoms. The molecule has 1 heterocycles. The van der Waals surface area contributed by atoms with Gasteiger partial charge in [0.1, 0.15) is 0 Å². The van der Waals surface area contributed by atoms with Crippen LogP contribution >= 0.6 is 12.4 Å². The smallest absolute Gasteiger partial charge is 0.223 e. The fraction of sp³-hybridized carbons (Fsp3) is 0.909. The van der Waals surface area contributed by atoms with Gasteiger partial charge in [-0.2, -0.15) is 0 Å². The minimum atomic E-state index is -0.0532. The fourth-order valence-corrected chi connectivity index (χ4v) is 1.87. The molecule has 4 nitrogen and oxygen atoms in total. The van der Waals surface area contributed by atoms with E-state index < -0.39 is 0 Å². The molecular formula is C11H23ClN2O2. The van der Waals surface area contributed by atoms with Crippen molar-refractivity contribution in [1.29, 1.82) is 0 Å². The summed E-state index contributed by atoms with van der Waals surface area (Å²) in [4.78, 5) is 13.4. The first-order chi connectivity index (χ1) is 7.09. The molecule has 16 heavy (non-hydrogen) atoms. The average Bonchev–Trinajstić information content (AvgIpc) is 2.18. The van der Waals surface area contributed by atoms with Gasteiger partial charge in [0.15, 0.2) is 0 Å². The number of rotatable bonds is 4. The quantitative estimate of drug-likeness (QED) is 0.811. The van der Waals surface area contributed by atoms with E-state index in [1.54, 1.807) is 4.90 Å². The number of hydrogen-bond donors (Lipinski definition) is 1. The Labute approximate surface area is 104 Å². The highest BCUT2D eigenvalue weighted by atomic mass is 35.5. The number of carbonyl (C=O) groups is 1. The summed E-state index contributed by atoms with van der Waals surface area (Å²) in [5, 5.41) is 0. The van der Waals surface area contributed by atoms with Gasteiger partial charge >= 0.3 is 0 Å². The third kappa shape index (κ3) is 5.68. The van der Waals surface area contributed by atoms with Gasteiger partial charge in [0.2, 0.25) is 5.91 Å². The molecule has 1 aliphatic heterocycles. The van der Waals surface area contributed by atoms with E-state index in [1.807, 2.05) is 14.0 Å². The Morgan fingerprint density at radius 2 is 2.31 bits per heavy atom. The van der Waals surface area contributed by atoms with E-state index in [0.717, 1.165) is 32.6 Å². The zero-order chi connectivity index (χ0) is 11.3. The molecule has 1 amide bonds. The maximum Gasteiger partial charge on any atom is 0.223 e. The molecule has 1 fully saturated rings. The van der Waals surface area contributed by atoms with Crippen LogP contribution in [0.25, 0.3) is 0 Å². The Morgan fingerprint density at radius 1 is 1.62 bits per heavy atom. The molecule has 2 N–H and O–H groups in total. The lowest BCUT2D eigenvalue weighted by Gasteiger charge is -2.27. The van der Waals surface area contributed by atoms with Crippen LogP contribution < -0.4 is 5.73 Å². The molecular weight excluding hydrogens is 228 g/mol. The van der Waals surface area contributed by atoms with Crippen LogP contribution in [0.15, 0.2) is 0 Å². The van der Waals surface area contributed by atoms with Gasteiger partial charge in [-0.1, -0.05) is 0 Å². The van der Waals surface area contributed by atoms with Crippen molar-refractivity contribution in [2.45, 2.75) is 32.2 Å². The monoisotopic (exact) mass is 250 g/mol. The third-order valence-corrected chi connectivity index (χ3v) is 2.71. The number of halogens is 1. The topological polar surface area (TPSA) is 55.6 Å². The van der Waals surface area contributed by atoms with Crippen molar-refractivity contribution in [3.8, 4) is 0 Å². The first-order valence-electron chi connectivity index (χ1n) is 5.67.